The fourth-order valence-electron chi connectivity index (χ4n) is 1.95. The summed E-state index contributed by atoms with van der Waals surface area (Å²) in [5.41, 5.74) is 0. The zero-order valence-corrected chi connectivity index (χ0v) is 9.46. The molecule has 1 atom stereocenters. The zero-order valence-electron chi connectivity index (χ0n) is 9.46. The maximum Gasteiger partial charge on any atom is 0.126 e. The molecule has 0 unspecified atom stereocenters. The van der Waals surface area contributed by atoms with E-state index < -0.39 is 0 Å². The molecule has 0 aromatic rings. The average Bonchev–Trinajstić information content (AvgIpc) is 2.16. The number of likely N-dealkylation sites (tertiary alicyclic amines) is 1. The highest BCUT2D eigenvalue weighted by molar-refractivity contribution is 4.54. The van der Waals surface area contributed by atoms with E-state index in [1.165, 1.54) is 37.3 Å². The van der Waals surface area contributed by atoms with E-state index in [-0.39, 0.29) is 12.2 Å². The molecule has 84 valence electrons. The number of nitrogens with one attached hydrogen (secondary N) is 1. The van der Waals surface area contributed by atoms with Gasteiger partial charge in [-0.25, -0.2) is 0 Å². The minimum absolute atomic E-state index is 0.223. The summed E-state index contributed by atoms with van der Waals surface area (Å²) in [4.78, 5) is 1.54. The van der Waals surface area contributed by atoms with E-state index >= 15 is 0 Å². The van der Waals surface area contributed by atoms with Gasteiger partial charge in [-0.1, -0.05) is 0 Å². The number of quaternary nitrogens is 1. The smallest absolute Gasteiger partial charge is 0.126 e. The first-order valence-corrected chi connectivity index (χ1v) is 5.81. The van der Waals surface area contributed by atoms with Crippen molar-refractivity contribution in [3.63, 3.8) is 0 Å². The Morgan fingerprint density at radius 2 is 1.86 bits per heavy atom. The predicted molar refractivity (Wildman–Crippen MR) is 56.5 cm³/mol. The van der Waals surface area contributed by atoms with E-state index in [1.54, 1.807) is 0 Å². The zero-order chi connectivity index (χ0) is 10.4. The van der Waals surface area contributed by atoms with E-state index in [2.05, 4.69) is 0 Å². The van der Waals surface area contributed by atoms with Crippen LogP contribution in [0.2, 0.25) is 0 Å². The molecule has 1 saturated heterocycles. The molecule has 0 aliphatic carbocycles. The number of rotatable bonds is 5. The van der Waals surface area contributed by atoms with Gasteiger partial charge in [0.15, 0.2) is 0 Å². The summed E-state index contributed by atoms with van der Waals surface area (Å²) in [7, 11) is 0. The first-order valence-electron chi connectivity index (χ1n) is 5.81. The Morgan fingerprint density at radius 1 is 1.21 bits per heavy atom. The first-order chi connectivity index (χ1) is 6.68. The molecule has 0 amide bonds. The summed E-state index contributed by atoms with van der Waals surface area (Å²) in [5.74, 6) is 0. The molecule has 3 nitrogen and oxygen atoms in total. The highest BCUT2D eigenvalue weighted by atomic mass is 16.5. The number of aliphatic hydroxyl groups excluding tert-OH is 1. The molecule has 1 heterocycles. The maximum atomic E-state index is 9.70. The lowest BCUT2D eigenvalue weighted by Crippen LogP contribution is -3.14. The SMILES string of the molecule is CC(C)OC[C@H](O)C[NH+]1CCCCC1. The Bertz CT molecular complexity index is 144. The summed E-state index contributed by atoms with van der Waals surface area (Å²) >= 11 is 0. The molecule has 1 aliphatic rings. The molecule has 0 saturated carbocycles. The molecule has 0 radical (unpaired) electrons. The summed E-state index contributed by atoms with van der Waals surface area (Å²) in [6, 6.07) is 0. The lowest BCUT2D eigenvalue weighted by molar-refractivity contribution is -0.908. The van der Waals surface area contributed by atoms with E-state index in [4.69, 9.17) is 4.74 Å². The predicted octanol–water partition coefficient (Wildman–Crippen LogP) is -0.159. The highest BCUT2D eigenvalue weighted by Gasteiger charge is 2.17. The Balaban J connectivity index is 2.09. The largest absolute Gasteiger partial charge is 0.385 e. The van der Waals surface area contributed by atoms with E-state index in [0.29, 0.717) is 6.61 Å². The third kappa shape index (κ3) is 4.94. The summed E-state index contributed by atoms with van der Waals surface area (Å²) < 4.78 is 5.38. The summed E-state index contributed by atoms with van der Waals surface area (Å²) in [6.07, 6.45) is 3.92. The third-order valence-electron chi connectivity index (χ3n) is 2.71. The van der Waals surface area contributed by atoms with Gasteiger partial charge in [-0.15, -0.1) is 0 Å². The highest BCUT2D eigenvalue weighted by Crippen LogP contribution is 1.95. The molecule has 0 spiro atoms. The van der Waals surface area contributed by atoms with Crippen molar-refractivity contribution in [2.24, 2.45) is 0 Å². The van der Waals surface area contributed by atoms with Crippen LogP contribution in [0.4, 0.5) is 0 Å². The Hall–Kier alpha value is -0.120. The quantitative estimate of drug-likeness (QED) is 0.650. The standard InChI is InChI=1S/C11H23NO2/c1-10(2)14-9-11(13)8-12-6-4-3-5-7-12/h10-11,13H,3-9H2,1-2H3/p+1/t11-/m1/s1. The van der Waals surface area contributed by atoms with Crippen LogP contribution < -0.4 is 4.90 Å². The van der Waals surface area contributed by atoms with Crippen LogP contribution in [-0.4, -0.2) is 43.6 Å². The second kappa shape index (κ2) is 6.38. The van der Waals surface area contributed by atoms with Crippen LogP contribution in [0.5, 0.6) is 0 Å². The Morgan fingerprint density at radius 3 is 2.43 bits per heavy atom. The van der Waals surface area contributed by atoms with Crippen LogP contribution in [0, 0.1) is 0 Å². The van der Waals surface area contributed by atoms with E-state index in [9.17, 15) is 5.11 Å². The van der Waals surface area contributed by atoms with Gasteiger partial charge in [0.05, 0.1) is 25.8 Å². The van der Waals surface area contributed by atoms with Crippen molar-refractivity contribution in [3.8, 4) is 0 Å². The molecule has 3 heteroatoms. The Kier molecular flexibility index (Phi) is 5.45. The molecule has 1 aliphatic heterocycles. The molecule has 0 aromatic carbocycles. The van der Waals surface area contributed by atoms with Crippen molar-refractivity contribution >= 4 is 0 Å². The van der Waals surface area contributed by atoms with Gasteiger partial charge in [-0.05, 0) is 33.1 Å². The van der Waals surface area contributed by atoms with Crippen molar-refractivity contribution in [1.29, 1.82) is 0 Å². The van der Waals surface area contributed by atoms with Crippen LogP contribution in [0.15, 0.2) is 0 Å². The number of piperidine rings is 1. The third-order valence-corrected chi connectivity index (χ3v) is 2.71. The number of aliphatic hydroxyl groups is 1. The fourth-order valence-corrected chi connectivity index (χ4v) is 1.95. The van der Waals surface area contributed by atoms with Crippen molar-refractivity contribution < 1.29 is 14.7 Å². The van der Waals surface area contributed by atoms with Gasteiger partial charge in [0.2, 0.25) is 0 Å². The van der Waals surface area contributed by atoms with Crippen LogP contribution in [0.3, 0.4) is 0 Å². The molecule has 1 rings (SSSR count). The molecule has 1 fully saturated rings. The minimum Gasteiger partial charge on any atom is -0.385 e. The van der Waals surface area contributed by atoms with Gasteiger partial charge in [0.1, 0.15) is 12.6 Å². The van der Waals surface area contributed by atoms with Gasteiger partial charge in [0, 0.05) is 0 Å². The molecule has 2 N–H and O–H groups in total. The molecule has 0 aromatic heterocycles. The van der Waals surface area contributed by atoms with Gasteiger partial charge < -0.3 is 14.7 Å². The van der Waals surface area contributed by atoms with Gasteiger partial charge in [-0.2, -0.15) is 0 Å². The molecule has 0 bridgehead atoms. The second-order valence-corrected chi connectivity index (χ2v) is 4.55. The van der Waals surface area contributed by atoms with Gasteiger partial charge in [-0.3, -0.25) is 0 Å². The lowest BCUT2D eigenvalue weighted by atomic mass is 10.1. The average molecular weight is 202 g/mol. The Labute approximate surface area is 87.1 Å². The van der Waals surface area contributed by atoms with Crippen LogP contribution in [0.25, 0.3) is 0 Å². The van der Waals surface area contributed by atoms with Crippen molar-refractivity contribution in [2.45, 2.75) is 45.3 Å². The normalized spacial score (nSPS) is 21.4. The van der Waals surface area contributed by atoms with Gasteiger partial charge >= 0.3 is 0 Å². The summed E-state index contributed by atoms with van der Waals surface area (Å²) in [5, 5.41) is 9.70. The number of hydrogen-bond acceptors (Lipinski definition) is 2. The van der Waals surface area contributed by atoms with Crippen LogP contribution in [0.1, 0.15) is 33.1 Å². The van der Waals surface area contributed by atoms with Gasteiger partial charge in [0.25, 0.3) is 0 Å². The lowest BCUT2D eigenvalue weighted by Gasteiger charge is -2.25. The van der Waals surface area contributed by atoms with Crippen molar-refractivity contribution in [2.75, 3.05) is 26.2 Å². The second-order valence-electron chi connectivity index (χ2n) is 4.55. The molecule has 14 heavy (non-hydrogen) atoms. The van der Waals surface area contributed by atoms with Crippen molar-refractivity contribution in [1.82, 2.24) is 0 Å². The summed E-state index contributed by atoms with van der Waals surface area (Å²) in [6.45, 7) is 7.78. The topological polar surface area (TPSA) is 33.9 Å². The van der Waals surface area contributed by atoms with Crippen LogP contribution in [-0.2, 0) is 4.74 Å². The maximum absolute atomic E-state index is 9.70. The number of ether oxygens (including phenoxy) is 1. The monoisotopic (exact) mass is 202 g/mol. The van der Waals surface area contributed by atoms with E-state index in [1.807, 2.05) is 13.8 Å². The molecular weight excluding hydrogens is 178 g/mol. The molecular formula is C11H24NO2+. The van der Waals surface area contributed by atoms with Crippen molar-refractivity contribution in [3.05, 3.63) is 0 Å². The van der Waals surface area contributed by atoms with E-state index in [0.717, 1.165) is 6.54 Å². The van der Waals surface area contributed by atoms with Crippen LogP contribution >= 0.6 is 0 Å². The minimum atomic E-state index is -0.287. The number of hydrogen-bond donors (Lipinski definition) is 2. The first kappa shape index (κ1) is 12.0. The fraction of sp³-hybridized carbons (Fsp3) is 1.00.